The molecule has 0 aromatic heterocycles. The van der Waals surface area contributed by atoms with Crippen LogP contribution in [0.5, 0.6) is 0 Å². The van der Waals surface area contributed by atoms with Gasteiger partial charge in [-0.2, -0.15) is 0 Å². The van der Waals surface area contributed by atoms with Gasteiger partial charge in [0.05, 0.1) is 19.8 Å². The van der Waals surface area contributed by atoms with E-state index in [1.165, 1.54) is 19.4 Å². The summed E-state index contributed by atoms with van der Waals surface area (Å²) < 4.78 is 10.6. The summed E-state index contributed by atoms with van der Waals surface area (Å²) in [6, 6.07) is 0. The second-order valence-electron chi connectivity index (χ2n) is 3.47. The van der Waals surface area contributed by atoms with E-state index in [2.05, 4.69) is 18.9 Å². The zero-order valence-electron chi connectivity index (χ0n) is 9.92. The standard InChI is InChI=1S/C11H25NO2/c1-4-6-7-12(3)8-9-14-11-10-13-5-2/h4-11H2,1-3H3. The predicted molar refractivity (Wildman–Crippen MR) is 59.7 cm³/mol. The zero-order chi connectivity index (χ0) is 10.6. The zero-order valence-corrected chi connectivity index (χ0v) is 9.92. The summed E-state index contributed by atoms with van der Waals surface area (Å²) in [5, 5.41) is 0. The van der Waals surface area contributed by atoms with Gasteiger partial charge in [0.2, 0.25) is 0 Å². The Morgan fingerprint density at radius 3 is 2.29 bits per heavy atom. The molecule has 0 spiro atoms. The van der Waals surface area contributed by atoms with E-state index in [9.17, 15) is 0 Å². The third-order valence-electron chi connectivity index (χ3n) is 2.09. The lowest BCUT2D eigenvalue weighted by atomic mass is 10.3. The summed E-state index contributed by atoms with van der Waals surface area (Å²) in [5.74, 6) is 0. The lowest BCUT2D eigenvalue weighted by Gasteiger charge is -2.15. The highest BCUT2D eigenvalue weighted by Gasteiger charge is 1.96. The quantitative estimate of drug-likeness (QED) is 0.505. The normalized spacial score (nSPS) is 11.1. The van der Waals surface area contributed by atoms with Crippen LogP contribution in [0, 0.1) is 0 Å². The molecule has 0 unspecified atom stereocenters. The minimum Gasteiger partial charge on any atom is -0.379 e. The van der Waals surface area contributed by atoms with Crippen LogP contribution in [0.1, 0.15) is 26.7 Å². The number of hydrogen-bond donors (Lipinski definition) is 0. The molecule has 0 fully saturated rings. The maximum atomic E-state index is 5.42. The largest absolute Gasteiger partial charge is 0.379 e. The monoisotopic (exact) mass is 203 g/mol. The van der Waals surface area contributed by atoms with Crippen molar-refractivity contribution in [2.75, 3.05) is 46.6 Å². The van der Waals surface area contributed by atoms with Gasteiger partial charge in [-0.15, -0.1) is 0 Å². The second kappa shape index (κ2) is 11.0. The summed E-state index contributed by atoms with van der Waals surface area (Å²) in [4.78, 5) is 2.31. The molecule has 3 nitrogen and oxygen atoms in total. The summed E-state index contributed by atoms with van der Waals surface area (Å²) in [6.45, 7) is 9.43. The van der Waals surface area contributed by atoms with Gasteiger partial charge in [0, 0.05) is 13.2 Å². The maximum Gasteiger partial charge on any atom is 0.0701 e. The molecule has 3 heteroatoms. The van der Waals surface area contributed by atoms with Gasteiger partial charge >= 0.3 is 0 Å². The van der Waals surface area contributed by atoms with E-state index in [1.54, 1.807) is 0 Å². The smallest absolute Gasteiger partial charge is 0.0701 e. The molecule has 0 radical (unpaired) electrons. The van der Waals surface area contributed by atoms with Crippen LogP contribution in [-0.2, 0) is 9.47 Å². The Hall–Kier alpha value is -0.120. The molecule has 86 valence electrons. The van der Waals surface area contributed by atoms with Crippen molar-refractivity contribution in [3.8, 4) is 0 Å². The van der Waals surface area contributed by atoms with Gasteiger partial charge in [-0.3, -0.25) is 0 Å². The molecule has 0 atom stereocenters. The van der Waals surface area contributed by atoms with Crippen molar-refractivity contribution < 1.29 is 9.47 Å². The van der Waals surface area contributed by atoms with Gasteiger partial charge in [0.1, 0.15) is 0 Å². The van der Waals surface area contributed by atoms with Gasteiger partial charge < -0.3 is 14.4 Å². The number of nitrogens with zero attached hydrogens (tertiary/aromatic N) is 1. The topological polar surface area (TPSA) is 21.7 Å². The Labute approximate surface area is 88.4 Å². The summed E-state index contributed by atoms with van der Waals surface area (Å²) in [7, 11) is 2.14. The van der Waals surface area contributed by atoms with Gasteiger partial charge in [-0.25, -0.2) is 0 Å². The van der Waals surface area contributed by atoms with Crippen molar-refractivity contribution in [2.45, 2.75) is 26.7 Å². The molecule has 14 heavy (non-hydrogen) atoms. The van der Waals surface area contributed by atoms with E-state index >= 15 is 0 Å². The van der Waals surface area contributed by atoms with E-state index in [1.807, 2.05) is 6.92 Å². The Bertz CT molecular complexity index is 109. The molecule has 0 aromatic carbocycles. The molecule has 0 aliphatic rings. The Morgan fingerprint density at radius 1 is 0.929 bits per heavy atom. The first-order valence-corrected chi connectivity index (χ1v) is 5.65. The maximum absolute atomic E-state index is 5.42. The molecule has 0 saturated carbocycles. The van der Waals surface area contributed by atoms with Crippen LogP contribution in [-0.4, -0.2) is 51.5 Å². The lowest BCUT2D eigenvalue weighted by molar-refractivity contribution is 0.0453. The Morgan fingerprint density at radius 2 is 1.64 bits per heavy atom. The van der Waals surface area contributed by atoms with Crippen LogP contribution < -0.4 is 0 Å². The molecule has 0 N–H and O–H groups in total. The fourth-order valence-electron chi connectivity index (χ4n) is 1.12. The SMILES string of the molecule is CCCCN(C)CCOCCOCC. The summed E-state index contributed by atoms with van der Waals surface area (Å²) in [6.07, 6.45) is 2.53. The average molecular weight is 203 g/mol. The van der Waals surface area contributed by atoms with Crippen LogP contribution in [0.3, 0.4) is 0 Å². The third kappa shape index (κ3) is 9.96. The van der Waals surface area contributed by atoms with E-state index in [4.69, 9.17) is 9.47 Å². The first kappa shape index (κ1) is 13.9. The number of rotatable bonds is 10. The molecule has 0 aromatic rings. The Kier molecular flexibility index (Phi) is 10.9. The van der Waals surface area contributed by atoms with Gasteiger partial charge in [-0.05, 0) is 26.9 Å². The van der Waals surface area contributed by atoms with E-state index in [0.717, 1.165) is 33.0 Å². The van der Waals surface area contributed by atoms with Crippen molar-refractivity contribution in [1.29, 1.82) is 0 Å². The first-order chi connectivity index (χ1) is 6.81. The third-order valence-corrected chi connectivity index (χ3v) is 2.09. The van der Waals surface area contributed by atoms with Crippen molar-refractivity contribution in [1.82, 2.24) is 4.90 Å². The van der Waals surface area contributed by atoms with Crippen LogP contribution in [0.2, 0.25) is 0 Å². The lowest BCUT2D eigenvalue weighted by Crippen LogP contribution is -2.24. The van der Waals surface area contributed by atoms with Crippen molar-refractivity contribution in [3.63, 3.8) is 0 Å². The molecule has 0 bridgehead atoms. The molecule has 0 rings (SSSR count). The number of hydrogen-bond acceptors (Lipinski definition) is 3. The van der Waals surface area contributed by atoms with Crippen LogP contribution in [0.25, 0.3) is 0 Å². The highest BCUT2D eigenvalue weighted by atomic mass is 16.5. The molecule has 0 saturated heterocycles. The summed E-state index contributed by atoms with van der Waals surface area (Å²) >= 11 is 0. The number of likely N-dealkylation sites (N-methyl/N-ethyl adjacent to an activating group) is 1. The average Bonchev–Trinajstić information content (AvgIpc) is 2.20. The minimum absolute atomic E-state index is 0.717. The molecule has 0 amide bonds. The summed E-state index contributed by atoms with van der Waals surface area (Å²) in [5.41, 5.74) is 0. The van der Waals surface area contributed by atoms with Gasteiger partial charge in [0.25, 0.3) is 0 Å². The fraction of sp³-hybridized carbons (Fsp3) is 1.00. The van der Waals surface area contributed by atoms with Gasteiger partial charge in [0.15, 0.2) is 0 Å². The van der Waals surface area contributed by atoms with E-state index < -0.39 is 0 Å². The first-order valence-electron chi connectivity index (χ1n) is 5.65. The van der Waals surface area contributed by atoms with Crippen LogP contribution in [0.4, 0.5) is 0 Å². The van der Waals surface area contributed by atoms with Crippen molar-refractivity contribution in [3.05, 3.63) is 0 Å². The molecular weight excluding hydrogens is 178 g/mol. The fourth-order valence-corrected chi connectivity index (χ4v) is 1.12. The minimum atomic E-state index is 0.717. The molecule has 0 aliphatic carbocycles. The van der Waals surface area contributed by atoms with Crippen molar-refractivity contribution in [2.24, 2.45) is 0 Å². The van der Waals surface area contributed by atoms with Crippen molar-refractivity contribution >= 4 is 0 Å². The van der Waals surface area contributed by atoms with E-state index in [-0.39, 0.29) is 0 Å². The number of unbranched alkanes of at least 4 members (excludes halogenated alkanes) is 1. The number of ether oxygens (including phenoxy) is 2. The predicted octanol–water partition coefficient (Wildman–Crippen LogP) is 1.77. The second-order valence-corrected chi connectivity index (χ2v) is 3.47. The Balaban J connectivity index is 3.02. The van der Waals surface area contributed by atoms with E-state index in [0.29, 0.717) is 0 Å². The highest BCUT2D eigenvalue weighted by Crippen LogP contribution is 1.91. The van der Waals surface area contributed by atoms with Gasteiger partial charge in [-0.1, -0.05) is 13.3 Å². The molecule has 0 heterocycles. The van der Waals surface area contributed by atoms with Crippen LogP contribution in [0.15, 0.2) is 0 Å². The molecule has 0 aliphatic heterocycles. The van der Waals surface area contributed by atoms with Crippen LogP contribution >= 0.6 is 0 Å². The highest BCUT2D eigenvalue weighted by molar-refractivity contribution is 4.49. The molecular formula is C11H25NO2.